The molecule has 1 saturated heterocycles. The van der Waals surface area contributed by atoms with Gasteiger partial charge < -0.3 is 59.1 Å². The van der Waals surface area contributed by atoms with Gasteiger partial charge in [-0.25, -0.2) is 9.18 Å². The number of ketones is 3. The second kappa shape index (κ2) is 20.3. The number of pyridine rings is 1. The summed E-state index contributed by atoms with van der Waals surface area (Å²) in [6, 6.07) is 2.44. The summed E-state index contributed by atoms with van der Waals surface area (Å²) >= 11 is 0. The maximum Gasteiger partial charge on any atom is 0.341 e. The molecule has 5 bridgehead atoms. The number of aliphatic hydroxyl groups is 2. The number of carboxylic acid groups (broad SMARTS) is 1. The van der Waals surface area contributed by atoms with Crippen molar-refractivity contribution in [2.75, 3.05) is 38.2 Å². The number of amides is 1. The highest BCUT2D eigenvalue weighted by atomic mass is 19.1. The van der Waals surface area contributed by atoms with E-state index in [-0.39, 0.29) is 71.4 Å². The molecule has 1 saturated carbocycles. The van der Waals surface area contributed by atoms with Crippen LogP contribution in [-0.2, 0) is 23.8 Å². The molecule has 2 aliphatic carbocycles. The van der Waals surface area contributed by atoms with E-state index < -0.39 is 128 Å². The summed E-state index contributed by atoms with van der Waals surface area (Å²) < 4.78 is 41.5. The smallest absolute Gasteiger partial charge is 0.341 e. The Hall–Kier alpha value is -7.16. The SMILES string of the molecule is CO[C@H]1/C=C/O[C@@]2(C)Oc3c(C)c(O)c4c(c3C2=O)C(=O)C(N2CCN(c3cc5c(cc3F)c(=O)c(C(=O)O)cn5C3CC3)CC2)=C(NC(=O)/C(C)=C\C=C\[C@@H](C)[C@H](O)[C@@H](C)[C@H](O)[C@@H](C)[C@@H](OC(C)=O)[C@@H]1C)C4=O. The fourth-order valence-corrected chi connectivity index (χ4v) is 10.6. The monoisotopic (exact) mass is 1020 g/mol. The third-order valence-corrected chi connectivity index (χ3v) is 15.1. The molecule has 2 aromatic carbocycles. The van der Waals surface area contributed by atoms with Crippen molar-refractivity contribution in [1.82, 2.24) is 14.8 Å². The number of aromatic nitrogens is 1. The minimum atomic E-state index is -2.19. The van der Waals surface area contributed by atoms with E-state index in [1.165, 1.54) is 70.2 Å². The second-order valence-corrected chi connectivity index (χ2v) is 20.1. The number of aromatic carboxylic acids is 1. The minimum Gasteiger partial charge on any atom is -0.507 e. The van der Waals surface area contributed by atoms with E-state index in [0.29, 0.717) is 5.52 Å². The van der Waals surface area contributed by atoms with Crippen LogP contribution in [0.2, 0.25) is 0 Å². The highest BCUT2D eigenvalue weighted by Crippen LogP contribution is 2.49. The molecule has 20 heteroatoms. The Kier molecular flexibility index (Phi) is 14.6. The predicted molar refractivity (Wildman–Crippen MR) is 265 cm³/mol. The summed E-state index contributed by atoms with van der Waals surface area (Å²) in [5.41, 5.74) is -3.08. The Morgan fingerprint density at radius 3 is 2.16 bits per heavy atom. The number of fused-ring (bicyclic) bond motifs is 15. The van der Waals surface area contributed by atoms with Gasteiger partial charge in [-0.1, -0.05) is 45.9 Å². The average molecular weight is 1030 g/mol. The number of methoxy groups -OCH3 is 1. The summed E-state index contributed by atoms with van der Waals surface area (Å²) in [5, 5.41) is 47.1. The fraction of sp³-hybridized carbons (Fsp3) is 0.463. The quantitative estimate of drug-likeness (QED) is 0.197. The number of carbonyl (C=O) groups is 6. The first kappa shape index (κ1) is 53.1. The predicted octanol–water partition coefficient (Wildman–Crippen LogP) is 5.27. The first-order valence-corrected chi connectivity index (χ1v) is 24.6. The van der Waals surface area contributed by atoms with Crippen molar-refractivity contribution in [2.45, 2.75) is 104 Å². The summed E-state index contributed by atoms with van der Waals surface area (Å²) in [7, 11) is 1.40. The van der Waals surface area contributed by atoms with Crippen molar-refractivity contribution in [3.8, 4) is 11.5 Å². The molecule has 1 aromatic heterocycles. The number of carboxylic acids is 1. The lowest BCUT2D eigenvalue weighted by molar-refractivity contribution is -0.160. The van der Waals surface area contributed by atoms with Crippen LogP contribution in [0.4, 0.5) is 10.1 Å². The number of nitrogens with zero attached hydrogens (tertiary/aromatic N) is 3. The van der Waals surface area contributed by atoms with Crippen molar-refractivity contribution in [3.05, 3.63) is 110 Å². The van der Waals surface area contributed by atoms with Crippen LogP contribution in [0, 0.1) is 36.4 Å². The standard InChI is InChI=1S/C54H61FN4O15/c1-24-11-10-12-25(2)52(68)56-41-42(58-18-16-57(17-19-58)36-22-35-32(21-34(36)55)46(64)33(53(69)70)23-59(35)31-13-14-31)48(66)38-39(47(41)65)45(63)29(6)50-40(38)51(67)54(8,74-50)72-20-15-37(71-9)26(3)49(73-30(7)60)28(5)44(62)27(4)43(24)61/h10-12,15,20-24,26-28,31,37,43-44,49,61-63H,13-14,16-19H2,1-9H3,(H,56,68)(H,69,70)/b11-10+,20-15+,25-12-/t24-,26-,27-,28-,37+,43+,44+,49+,54+/m1/s1. The maximum absolute atomic E-state index is 16.1. The van der Waals surface area contributed by atoms with Gasteiger partial charge in [0.15, 0.2) is 0 Å². The van der Waals surface area contributed by atoms with Crippen LogP contribution in [0.25, 0.3) is 10.9 Å². The summed E-state index contributed by atoms with van der Waals surface area (Å²) in [6.45, 7) is 12.1. The van der Waals surface area contributed by atoms with Crippen molar-refractivity contribution >= 4 is 51.8 Å². The number of rotatable bonds is 6. The van der Waals surface area contributed by atoms with Crippen molar-refractivity contribution in [3.63, 3.8) is 0 Å². The molecule has 74 heavy (non-hydrogen) atoms. The van der Waals surface area contributed by atoms with Crippen LogP contribution in [0.5, 0.6) is 11.5 Å². The molecule has 6 aliphatic rings. The van der Waals surface area contributed by atoms with Gasteiger partial charge in [0, 0.05) is 99.6 Å². The molecular formula is C54H61FN4O15. The Labute approximate surface area is 425 Å². The van der Waals surface area contributed by atoms with Crippen molar-refractivity contribution < 1.29 is 72.5 Å². The van der Waals surface area contributed by atoms with Gasteiger partial charge in [-0.05, 0) is 44.9 Å². The number of anilines is 1. The fourth-order valence-electron chi connectivity index (χ4n) is 10.6. The third-order valence-electron chi connectivity index (χ3n) is 15.1. The molecule has 394 valence electrons. The van der Waals surface area contributed by atoms with Crippen LogP contribution in [-0.4, -0.2) is 129 Å². The lowest BCUT2D eigenvalue weighted by atomic mass is 9.78. The van der Waals surface area contributed by atoms with E-state index in [2.05, 4.69) is 5.32 Å². The molecule has 0 spiro atoms. The molecule has 2 fully saturated rings. The minimum absolute atomic E-state index is 0.0327. The van der Waals surface area contributed by atoms with Crippen molar-refractivity contribution in [2.24, 2.45) is 23.7 Å². The number of carbonyl (C=O) groups excluding carboxylic acids is 5. The molecule has 5 heterocycles. The highest BCUT2D eigenvalue weighted by Gasteiger charge is 2.53. The number of aromatic hydroxyl groups is 1. The van der Waals surface area contributed by atoms with Crippen LogP contribution in [0.3, 0.4) is 0 Å². The molecule has 4 aliphatic heterocycles. The van der Waals surface area contributed by atoms with Crippen LogP contribution in [0.15, 0.2) is 70.7 Å². The molecule has 5 N–H and O–H groups in total. The number of phenolic OH excluding ortho intramolecular Hbond substituents is 1. The number of esters is 1. The van der Waals surface area contributed by atoms with E-state index in [9.17, 15) is 49.2 Å². The average Bonchev–Trinajstić information content (AvgIpc) is 4.18. The Balaban J connectivity index is 1.20. The molecule has 1 amide bonds. The Morgan fingerprint density at radius 1 is 0.878 bits per heavy atom. The summed E-state index contributed by atoms with van der Waals surface area (Å²) in [6.07, 6.45) is 5.74. The number of Topliss-reactive ketones (excluding diaryl/α,β-unsaturated/α-hetero) is 3. The Bertz CT molecular complexity index is 3070. The summed E-state index contributed by atoms with van der Waals surface area (Å²) in [5.74, 6) is -12.3. The van der Waals surface area contributed by atoms with Gasteiger partial charge in [0.2, 0.25) is 17.0 Å². The summed E-state index contributed by atoms with van der Waals surface area (Å²) in [4.78, 5) is 99.9. The topological polar surface area (TPSA) is 261 Å². The number of phenols is 1. The van der Waals surface area contributed by atoms with Gasteiger partial charge in [-0.2, -0.15) is 0 Å². The molecule has 9 atom stereocenters. The van der Waals surface area contributed by atoms with E-state index >= 15 is 9.18 Å². The van der Waals surface area contributed by atoms with E-state index in [4.69, 9.17) is 18.9 Å². The van der Waals surface area contributed by atoms with Crippen LogP contribution < -0.4 is 20.4 Å². The van der Waals surface area contributed by atoms with Gasteiger partial charge in [0.25, 0.3) is 11.7 Å². The molecular weight excluding hydrogens is 964 g/mol. The van der Waals surface area contributed by atoms with E-state index in [0.717, 1.165) is 25.2 Å². The van der Waals surface area contributed by atoms with Crippen LogP contribution >= 0.6 is 0 Å². The lowest BCUT2D eigenvalue weighted by Gasteiger charge is -2.40. The lowest BCUT2D eigenvalue weighted by Crippen LogP contribution is -2.50. The zero-order chi connectivity index (χ0) is 54.0. The van der Waals surface area contributed by atoms with Crippen molar-refractivity contribution in [1.29, 1.82) is 0 Å². The van der Waals surface area contributed by atoms with Gasteiger partial charge in [-0.15, -0.1) is 0 Å². The first-order chi connectivity index (χ1) is 34.9. The van der Waals surface area contributed by atoms with E-state index in [1.807, 2.05) is 0 Å². The third kappa shape index (κ3) is 9.38. The maximum atomic E-state index is 16.1. The number of hydrogen-bond donors (Lipinski definition) is 5. The largest absolute Gasteiger partial charge is 0.507 e. The normalized spacial score (nSPS) is 29.6. The number of nitrogens with one attached hydrogen (secondary N) is 1. The number of ether oxygens (including phenoxy) is 4. The number of aliphatic hydroxyl groups excluding tert-OH is 2. The molecule has 0 unspecified atom stereocenters. The number of halogens is 1. The first-order valence-electron chi connectivity index (χ1n) is 24.6. The Morgan fingerprint density at radius 2 is 1.54 bits per heavy atom. The number of piperazine rings is 1. The highest BCUT2D eigenvalue weighted by molar-refractivity contribution is 6.32. The second-order valence-electron chi connectivity index (χ2n) is 20.1. The van der Waals surface area contributed by atoms with Crippen LogP contribution in [0.1, 0.15) is 114 Å². The molecule has 3 aromatic rings. The van der Waals surface area contributed by atoms with Gasteiger partial charge in [0.1, 0.15) is 40.4 Å². The number of hydrogen-bond acceptors (Lipinski definition) is 16. The molecule has 19 nitrogen and oxygen atoms in total. The zero-order valence-corrected chi connectivity index (χ0v) is 42.6. The van der Waals surface area contributed by atoms with Gasteiger partial charge >= 0.3 is 17.7 Å². The van der Waals surface area contributed by atoms with Gasteiger partial charge in [0.05, 0.1) is 52.5 Å². The van der Waals surface area contributed by atoms with Gasteiger partial charge in [-0.3, -0.25) is 28.8 Å². The molecule has 0 radical (unpaired) electrons. The molecule has 9 rings (SSSR count). The van der Waals surface area contributed by atoms with E-state index in [1.54, 1.807) is 43.2 Å². The number of allylic oxidation sites excluding steroid dienone is 4. The zero-order valence-electron chi connectivity index (χ0n) is 42.6. The number of benzene rings is 2.